The molecule has 0 aliphatic carbocycles. The number of rotatable bonds is 5. The molecule has 7 nitrogen and oxygen atoms in total. The van der Waals surface area contributed by atoms with Gasteiger partial charge in [-0.3, -0.25) is 19.3 Å². The minimum Gasteiger partial charge on any atom is -0.504 e. The molecule has 0 atom stereocenters. The summed E-state index contributed by atoms with van der Waals surface area (Å²) in [5.41, 5.74) is 0.711. The summed E-state index contributed by atoms with van der Waals surface area (Å²) in [6.45, 7) is -0.447. The van der Waals surface area contributed by atoms with Crippen LogP contribution in [0.2, 0.25) is 5.02 Å². The van der Waals surface area contributed by atoms with Crippen LogP contribution in [0.1, 0.15) is 5.56 Å². The van der Waals surface area contributed by atoms with Gasteiger partial charge in [-0.05, 0) is 36.0 Å². The minimum absolute atomic E-state index is 0.0964. The number of phenols is 1. The Hall–Kier alpha value is -2.97. The number of ether oxygens (including phenoxy) is 1. The lowest BCUT2D eigenvalue weighted by Gasteiger charge is -2.13. The van der Waals surface area contributed by atoms with Crippen LogP contribution in [0.3, 0.4) is 0 Å². The van der Waals surface area contributed by atoms with Crippen LogP contribution in [0.15, 0.2) is 47.4 Å². The number of para-hydroxylation sites is 2. The number of hydrogen-bond donors (Lipinski definition) is 2. The van der Waals surface area contributed by atoms with Crippen molar-refractivity contribution in [2.45, 2.75) is 0 Å². The largest absolute Gasteiger partial charge is 0.504 e. The van der Waals surface area contributed by atoms with E-state index in [1.54, 1.807) is 42.5 Å². The van der Waals surface area contributed by atoms with Gasteiger partial charge in [0.15, 0.2) is 11.5 Å². The lowest BCUT2D eigenvalue weighted by atomic mass is 10.1. The topological polar surface area (TPSA) is 95.9 Å². The molecule has 1 aliphatic heterocycles. The van der Waals surface area contributed by atoms with Gasteiger partial charge in [0.25, 0.3) is 11.1 Å². The molecule has 0 bridgehead atoms. The first-order valence-electron chi connectivity index (χ1n) is 8.06. The smallest absolute Gasteiger partial charge is 0.294 e. The number of benzene rings is 2. The van der Waals surface area contributed by atoms with E-state index >= 15 is 0 Å². The first kappa shape index (κ1) is 19.8. The van der Waals surface area contributed by atoms with Gasteiger partial charge in [0, 0.05) is 5.56 Å². The molecule has 9 heteroatoms. The maximum Gasteiger partial charge on any atom is 0.294 e. The van der Waals surface area contributed by atoms with Crippen molar-refractivity contribution < 1.29 is 24.2 Å². The minimum atomic E-state index is -0.619. The highest BCUT2D eigenvalue weighted by atomic mass is 35.5. The quantitative estimate of drug-likeness (QED) is 0.718. The van der Waals surface area contributed by atoms with Crippen LogP contribution in [-0.2, 0) is 9.59 Å². The number of nitrogens with zero attached hydrogens (tertiary/aromatic N) is 1. The molecule has 3 amide bonds. The molecule has 1 saturated heterocycles. The van der Waals surface area contributed by atoms with Gasteiger partial charge in [0.05, 0.1) is 22.7 Å². The molecule has 0 radical (unpaired) electrons. The number of imide groups is 1. The predicted octanol–water partition coefficient (Wildman–Crippen LogP) is 3.73. The predicted molar refractivity (Wildman–Crippen MR) is 107 cm³/mol. The van der Waals surface area contributed by atoms with E-state index < -0.39 is 23.6 Å². The third-order valence-electron chi connectivity index (χ3n) is 3.86. The number of hydrogen-bond acceptors (Lipinski definition) is 6. The Balaban J connectivity index is 1.75. The highest BCUT2D eigenvalue weighted by Gasteiger charge is 2.36. The van der Waals surface area contributed by atoms with Gasteiger partial charge in [-0.2, -0.15) is 0 Å². The van der Waals surface area contributed by atoms with Gasteiger partial charge in [-0.25, -0.2) is 0 Å². The molecule has 28 heavy (non-hydrogen) atoms. The molecular weight excluding hydrogens is 404 g/mol. The monoisotopic (exact) mass is 418 g/mol. The lowest BCUT2D eigenvalue weighted by molar-refractivity contribution is -0.127. The number of carbonyl (C=O) groups excluding carboxylic acids is 3. The van der Waals surface area contributed by atoms with Crippen LogP contribution < -0.4 is 10.1 Å². The van der Waals surface area contributed by atoms with Gasteiger partial charge in [-0.1, -0.05) is 35.9 Å². The Bertz CT molecular complexity index is 992. The highest BCUT2D eigenvalue weighted by Crippen LogP contribution is 2.36. The molecule has 0 unspecified atom stereocenters. The average Bonchev–Trinajstić information content (AvgIpc) is 2.93. The number of phenolic OH excluding ortho intramolecular Hbond substituents is 1. The normalized spacial score (nSPS) is 15.2. The molecule has 2 aromatic rings. The van der Waals surface area contributed by atoms with Gasteiger partial charge in [0.2, 0.25) is 5.91 Å². The van der Waals surface area contributed by atoms with Crippen molar-refractivity contribution in [2.24, 2.45) is 0 Å². The van der Waals surface area contributed by atoms with E-state index in [-0.39, 0.29) is 16.4 Å². The van der Waals surface area contributed by atoms with Crippen LogP contribution in [-0.4, -0.2) is 40.7 Å². The molecule has 1 heterocycles. The Morgan fingerprint density at radius 2 is 2.00 bits per heavy atom. The van der Waals surface area contributed by atoms with Crippen molar-refractivity contribution in [1.29, 1.82) is 0 Å². The zero-order valence-electron chi connectivity index (χ0n) is 14.6. The maximum atomic E-state index is 12.5. The molecule has 1 aliphatic rings. The molecule has 0 aromatic heterocycles. The van der Waals surface area contributed by atoms with E-state index in [1.165, 1.54) is 13.2 Å². The second kappa shape index (κ2) is 8.37. The average molecular weight is 419 g/mol. The number of anilines is 1. The van der Waals surface area contributed by atoms with E-state index in [1.807, 2.05) is 0 Å². The first-order valence-corrected chi connectivity index (χ1v) is 9.26. The SMILES string of the molecule is COc1cccc(/C=C2\SC(=O)N(CC(=O)Nc3ccccc3Cl)C2=O)c1O. The molecule has 2 aromatic carbocycles. The fraction of sp³-hybridized carbons (Fsp3) is 0.105. The van der Waals surface area contributed by atoms with E-state index in [0.717, 1.165) is 4.90 Å². The third-order valence-corrected chi connectivity index (χ3v) is 5.10. The zero-order valence-corrected chi connectivity index (χ0v) is 16.2. The number of thioether (sulfide) groups is 1. The second-order valence-corrected chi connectivity index (χ2v) is 7.09. The summed E-state index contributed by atoms with van der Waals surface area (Å²) in [4.78, 5) is 37.9. The molecule has 2 N–H and O–H groups in total. The Morgan fingerprint density at radius 3 is 2.71 bits per heavy atom. The van der Waals surface area contributed by atoms with Crippen molar-refractivity contribution in [3.05, 3.63) is 58.0 Å². The Morgan fingerprint density at radius 1 is 1.25 bits per heavy atom. The maximum absolute atomic E-state index is 12.5. The second-order valence-electron chi connectivity index (χ2n) is 5.69. The molecule has 0 spiro atoms. The molecule has 3 rings (SSSR count). The molecule has 144 valence electrons. The number of amides is 3. The first-order chi connectivity index (χ1) is 13.4. The third kappa shape index (κ3) is 4.13. The Labute approximate surface area is 169 Å². The fourth-order valence-corrected chi connectivity index (χ4v) is 3.51. The van der Waals surface area contributed by atoms with E-state index in [9.17, 15) is 19.5 Å². The van der Waals surface area contributed by atoms with Crippen molar-refractivity contribution in [1.82, 2.24) is 4.90 Å². The summed E-state index contributed by atoms with van der Waals surface area (Å²) >= 11 is 6.68. The number of halogens is 1. The molecule has 1 fully saturated rings. The van der Waals surface area contributed by atoms with Crippen molar-refractivity contribution in [2.75, 3.05) is 19.0 Å². The summed E-state index contributed by atoms with van der Waals surface area (Å²) < 4.78 is 5.03. The summed E-state index contributed by atoms with van der Waals surface area (Å²) in [6, 6.07) is 11.4. The number of nitrogens with one attached hydrogen (secondary N) is 1. The molecule has 0 saturated carbocycles. The summed E-state index contributed by atoms with van der Waals surface area (Å²) in [5.74, 6) is -1.08. The van der Waals surface area contributed by atoms with Crippen LogP contribution >= 0.6 is 23.4 Å². The number of aromatic hydroxyl groups is 1. The van der Waals surface area contributed by atoms with Gasteiger partial charge in [0.1, 0.15) is 6.54 Å². The van der Waals surface area contributed by atoms with Crippen LogP contribution in [0.25, 0.3) is 6.08 Å². The van der Waals surface area contributed by atoms with Crippen molar-refractivity contribution >= 4 is 52.2 Å². The number of methoxy groups -OCH3 is 1. The summed E-state index contributed by atoms with van der Waals surface area (Å²) in [5, 5.41) is 12.5. The highest BCUT2D eigenvalue weighted by molar-refractivity contribution is 8.18. The van der Waals surface area contributed by atoms with Crippen LogP contribution in [0.4, 0.5) is 10.5 Å². The van der Waals surface area contributed by atoms with Crippen LogP contribution in [0.5, 0.6) is 11.5 Å². The Kier molecular flexibility index (Phi) is 5.91. The number of carbonyl (C=O) groups is 3. The van der Waals surface area contributed by atoms with E-state index in [0.29, 0.717) is 28.0 Å². The van der Waals surface area contributed by atoms with Crippen LogP contribution in [0, 0.1) is 0 Å². The van der Waals surface area contributed by atoms with Crippen molar-refractivity contribution in [3.8, 4) is 11.5 Å². The molecular formula is C19H15ClN2O5S. The van der Waals surface area contributed by atoms with E-state index in [2.05, 4.69) is 5.32 Å². The van der Waals surface area contributed by atoms with E-state index in [4.69, 9.17) is 16.3 Å². The standard InChI is InChI=1S/C19H15ClN2O5S/c1-27-14-8-4-5-11(17(14)24)9-15-18(25)22(19(26)28-15)10-16(23)21-13-7-3-2-6-12(13)20/h2-9,24H,10H2,1H3,(H,21,23)/b15-9-. The van der Waals surface area contributed by atoms with Gasteiger partial charge >= 0.3 is 0 Å². The summed E-state index contributed by atoms with van der Waals surface area (Å²) in [6.07, 6.45) is 1.38. The van der Waals surface area contributed by atoms with Gasteiger partial charge < -0.3 is 15.2 Å². The fourth-order valence-electron chi connectivity index (χ4n) is 2.49. The lowest BCUT2D eigenvalue weighted by Crippen LogP contribution is -2.36. The van der Waals surface area contributed by atoms with Crippen molar-refractivity contribution in [3.63, 3.8) is 0 Å². The summed E-state index contributed by atoms with van der Waals surface area (Å²) in [7, 11) is 1.41. The zero-order chi connectivity index (χ0) is 20.3. The van der Waals surface area contributed by atoms with Gasteiger partial charge in [-0.15, -0.1) is 0 Å².